The van der Waals surface area contributed by atoms with Crippen LogP contribution in [0.25, 0.3) is 11.6 Å². The fraction of sp³-hybridized carbons (Fsp3) is 0.194. The number of esters is 1. The summed E-state index contributed by atoms with van der Waals surface area (Å²) in [5.41, 5.74) is 4.82. The number of amides is 3. The van der Waals surface area contributed by atoms with Gasteiger partial charge in [0.1, 0.15) is 12.1 Å². The average Bonchev–Trinajstić information content (AvgIpc) is 3.53. The molecular weight excluding hydrogens is 600 g/mol. The quantitative estimate of drug-likeness (QED) is 0.123. The highest BCUT2D eigenvalue weighted by Crippen LogP contribution is 2.35. The van der Waals surface area contributed by atoms with Crippen molar-refractivity contribution in [3.8, 4) is 0 Å². The Hall–Kier alpha value is -5.97. The normalized spacial score (nSPS) is 14.1. The van der Waals surface area contributed by atoms with E-state index in [2.05, 4.69) is 20.9 Å². The topological polar surface area (TPSA) is 167 Å². The first-order valence-corrected chi connectivity index (χ1v) is 14.9. The Labute approximate surface area is 271 Å². The minimum atomic E-state index is -1.16. The van der Waals surface area contributed by atoms with Gasteiger partial charge in [0.25, 0.3) is 17.7 Å². The maximum atomic E-state index is 13.3. The summed E-state index contributed by atoms with van der Waals surface area (Å²) in [6, 6.07) is 20.9. The molecule has 0 bridgehead atoms. The number of anilines is 1. The molecule has 5 N–H and O–H groups in total. The molecule has 5 rings (SSSR count). The predicted octanol–water partition coefficient (Wildman–Crippen LogP) is 4.06. The molecule has 2 atom stereocenters. The average molecular weight is 635 g/mol. The summed E-state index contributed by atoms with van der Waals surface area (Å²) in [6.45, 7) is 3.39. The number of hydrogen-bond acceptors (Lipinski definition) is 6. The van der Waals surface area contributed by atoms with E-state index in [0.29, 0.717) is 28.2 Å². The van der Waals surface area contributed by atoms with Gasteiger partial charge in [-0.25, -0.2) is 9.59 Å². The number of carboxylic acid groups (broad SMARTS) is 1. The monoisotopic (exact) mass is 634 g/mol. The summed E-state index contributed by atoms with van der Waals surface area (Å²) >= 11 is 0. The second-order valence-electron chi connectivity index (χ2n) is 11.2. The summed E-state index contributed by atoms with van der Waals surface area (Å²) in [6.07, 6.45) is 1.93. The molecule has 0 radical (unpaired) electrons. The third-order valence-electron chi connectivity index (χ3n) is 8.02. The summed E-state index contributed by atoms with van der Waals surface area (Å²) < 4.78 is 4.91. The van der Waals surface area contributed by atoms with E-state index in [1.54, 1.807) is 62.4 Å². The molecule has 240 valence electrons. The van der Waals surface area contributed by atoms with Gasteiger partial charge in [0, 0.05) is 41.0 Å². The van der Waals surface area contributed by atoms with Crippen molar-refractivity contribution in [1.29, 1.82) is 0 Å². The highest BCUT2D eigenvalue weighted by molar-refractivity contribution is 6.35. The molecule has 11 nitrogen and oxygen atoms in total. The number of aromatic amines is 1. The third kappa shape index (κ3) is 7.30. The van der Waals surface area contributed by atoms with Crippen LogP contribution in [0.15, 0.2) is 78.9 Å². The first-order valence-electron chi connectivity index (χ1n) is 14.9. The van der Waals surface area contributed by atoms with Gasteiger partial charge in [0.05, 0.1) is 18.2 Å². The summed E-state index contributed by atoms with van der Waals surface area (Å²) in [5, 5.41) is 17.9. The number of hydrogen-bond donors (Lipinski definition) is 5. The van der Waals surface area contributed by atoms with Gasteiger partial charge in [0.15, 0.2) is 0 Å². The number of methoxy groups -OCH3 is 1. The predicted molar refractivity (Wildman–Crippen MR) is 176 cm³/mol. The Bertz CT molecular complexity index is 1880. The van der Waals surface area contributed by atoms with Gasteiger partial charge >= 0.3 is 11.9 Å². The number of rotatable bonds is 11. The largest absolute Gasteiger partial charge is 0.480 e. The van der Waals surface area contributed by atoms with E-state index in [1.807, 2.05) is 36.4 Å². The van der Waals surface area contributed by atoms with E-state index >= 15 is 0 Å². The fourth-order valence-corrected chi connectivity index (χ4v) is 5.58. The lowest BCUT2D eigenvalue weighted by Crippen LogP contribution is -2.43. The second-order valence-corrected chi connectivity index (χ2v) is 11.2. The molecule has 0 spiro atoms. The van der Waals surface area contributed by atoms with Crippen LogP contribution in [0, 0.1) is 13.8 Å². The van der Waals surface area contributed by atoms with Crippen LogP contribution in [0.1, 0.15) is 54.4 Å². The first kappa shape index (κ1) is 32.4. The number of carbonyl (C=O) groups is 5. The second kappa shape index (κ2) is 14.0. The lowest BCUT2D eigenvalue weighted by molar-refractivity contribution is -0.143. The van der Waals surface area contributed by atoms with Gasteiger partial charge in [-0.05, 0) is 54.8 Å². The highest BCUT2D eigenvalue weighted by atomic mass is 16.5. The molecule has 0 saturated heterocycles. The van der Waals surface area contributed by atoms with E-state index < -0.39 is 41.7 Å². The number of nitrogens with one attached hydrogen (secondary N) is 4. The van der Waals surface area contributed by atoms with Crippen LogP contribution in [0.3, 0.4) is 0 Å². The van der Waals surface area contributed by atoms with Crippen molar-refractivity contribution in [2.45, 2.75) is 38.8 Å². The number of benzene rings is 3. The molecule has 3 amide bonds. The van der Waals surface area contributed by atoms with E-state index in [4.69, 9.17) is 4.74 Å². The van der Waals surface area contributed by atoms with Crippen LogP contribution in [-0.2, 0) is 32.0 Å². The Kier molecular flexibility index (Phi) is 9.65. The van der Waals surface area contributed by atoms with Crippen LogP contribution in [0.5, 0.6) is 0 Å². The molecule has 4 aromatic rings. The molecule has 11 heteroatoms. The molecule has 1 aliphatic heterocycles. The van der Waals surface area contributed by atoms with Crippen LogP contribution in [0.2, 0.25) is 0 Å². The van der Waals surface area contributed by atoms with Crippen molar-refractivity contribution in [1.82, 2.24) is 15.6 Å². The van der Waals surface area contributed by atoms with Gasteiger partial charge in [-0.3, -0.25) is 14.4 Å². The molecule has 2 heterocycles. The van der Waals surface area contributed by atoms with Gasteiger partial charge in [0.2, 0.25) is 0 Å². The number of ether oxygens (including phenoxy) is 1. The number of carbonyl (C=O) groups excluding carboxylic acids is 4. The molecule has 1 aromatic heterocycles. The molecular formula is C36H34N4O7. The minimum Gasteiger partial charge on any atom is -0.480 e. The highest BCUT2D eigenvalue weighted by Gasteiger charge is 2.29. The van der Waals surface area contributed by atoms with Gasteiger partial charge in [-0.2, -0.15) is 0 Å². The molecule has 0 fully saturated rings. The van der Waals surface area contributed by atoms with E-state index in [1.165, 1.54) is 7.11 Å². The van der Waals surface area contributed by atoms with Crippen molar-refractivity contribution in [3.63, 3.8) is 0 Å². The third-order valence-corrected chi connectivity index (χ3v) is 8.02. The number of aliphatic carboxylic acids is 1. The maximum absolute atomic E-state index is 13.3. The van der Waals surface area contributed by atoms with Crippen LogP contribution < -0.4 is 16.0 Å². The van der Waals surface area contributed by atoms with Gasteiger partial charge in [-0.1, -0.05) is 60.7 Å². The number of H-pyrrole nitrogens is 1. The minimum absolute atomic E-state index is 0.112. The molecule has 0 unspecified atom stereocenters. The summed E-state index contributed by atoms with van der Waals surface area (Å²) in [7, 11) is 1.25. The molecule has 47 heavy (non-hydrogen) atoms. The SMILES string of the molecule is COC(=O)[C@H](Cc1ccccc1)NC(=O)c1ccc2c(c1)/C(=C/c1[nH]c(C)c(C(=O)N[C@@H](Cc3ccccc3)C(=O)O)c1C)C(=O)N2. The zero-order valence-electron chi connectivity index (χ0n) is 26.0. The Balaban J connectivity index is 1.38. The number of aromatic nitrogens is 1. The standard InChI is InChI=1S/C36H34N4O7/c1-20-28(37-21(2)31(20)34(43)39-29(35(44)45)16-22-10-6-4-7-11-22)19-26-25-18-24(14-15-27(25)38-33(26)42)32(41)40-30(36(46)47-3)17-23-12-8-5-9-13-23/h4-15,18-19,29-30,37H,16-17H2,1-3H3,(H,38,42)(H,39,43)(H,40,41)(H,44,45)/b26-19-/t29-,30-/m0/s1. The van der Waals surface area contributed by atoms with Crippen molar-refractivity contribution in [2.24, 2.45) is 0 Å². The van der Waals surface area contributed by atoms with Crippen LogP contribution in [-0.4, -0.2) is 58.9 Å². The lowest BCUT2D eigenvalue weighted by atomic mass is 10.0. The Morgan fingerprint density at radius 3 is 2.04 bits per heavy atom. The Morgan fingerprint density at radius 2 is 1.45 bits per heavy atom. The van der Waals surface area contributed by atoms with Crippen molar-refractivity contribution >= 4 is 47.0 Å². The maximum Gasteiger partial charge on any atom is 0.328 e. The van der Waals surface area contributed by atoms with Gasteiger partial charge in [-0.15, -0.1) is 0 Å². The number of fused-ring (bicyclic) bond motifs is 1. The van der Waals surface area contributed by atoms with E-state index in [0.717, 1.165) is 11.1 Å². The van der Waals surface area contributed by atoms with Crippen LogP contribution >= 0.6 is 0 Å². The summed E-state index contributed by atoms with van der Waals surface area (Å²) in [5.74, 6) is -3.23. The Morgan fingerprint density at radius 1 is 0.851 bits per heavy atom. The van der Waals surface area contributed by atoms with Crippen molar-refractivity contribution < 1.29 is 33.8 Å². The zero-order valence-corrected chi connectivity index (χ0v) is 26.0. The van der Waals surface area contributed by atoms with Crippen molar-refractivity contribution in [2.75, 3.05) is 12.4 Å². The molecule has 0 saturated carbocycles. The van der Waals surface area contributed by atoms with E-state index in [9.17, 15) is 29.1 Å². The number of aryl methyl sites for hydroxylation is 1. The van der Waals surface area contributed by atoms with Gasteiger partial charge < -0.3 is 30.8 Å². The molecule has 3 aromatic carbocycles. The smallest absolute Gasteiger partial charge is 0.328 e. The molecule has 1 aliphatic rings. The first-order chi connectivity index (χ1) is 22.5. The van der Waals surface area contributed by atoms with Crippen LogP contribution in [0.4, 0.5) is 5.69 Å². The molecule has 0 aliphatic carbocycles. The number of carboxylic acids is 1. The van der Waals surface area contributed by atoms with E-state index in [-0.39, 0.29) is 29.5 Å². The lowest BCUT2D eigenvalue weighted by Gasteiger charge is -2.17. The fourth-order valence-electron chi connectivity index (χ4n) is 5.58. The zero-order chi connectivity index (χ0) is 33.7. The van der Waals surface area contributed by atoms with Crippen molar-refractivity contribution in [3.05, 3.63) is 124 Å². The summed E-state index contributed by atoms with van der Waals surface area (Å²) in [4.78, 5) is 67.3.